The highest BCUT2D eigenvalue weighted by atomic mass is 16.5. The Balaban J connectivity index is -0.000000782. The molecular weight excluding hydrogens is 556 g/mol. The minimum atomic E-state index is -0.135. The van der Waals surface area contributed by atoms with Gasteiger partial charge in [0.15, 0.2) is 0 Å². The SMILES string of the molecule is C.C.CC(C)(C)CC(=O)NCNC(=O)CC(C)(C)C.CC(C)(C)COc1cccc(CC(=O)NCNC(=O)CC(C)(C)C)c1. The molecule has 0 unspecified atom stereocenters. The van der Waals surface area contributed by atoms with Crippen LogP contribution in [0.1, 0.15) is 123 Å². The molecule has 0 heterocycles. The van der Waals surface area contributed by atoms with Crippen LogP contribution in [0.5, 0.6) is 5.75 Å². The summed E-state index contributed by atoms with van der Waals surface area (Å²) in [6, 6.07) is 7.54. The molecule has 9 nitrogen and oxygen atoms in total. The largest absolute Gasteiger partial charge is 0.493 e. The van der Waals surface area contributed by atoms with Gasteiger partial charge in [-0.25, -0.2) is 0 Å². The molecule has 4 N–H and O–H groups in total. The number of ether oxygens (including phenoxy) is 1. The van der Waals surface area contributed by atoms with Gasteiger partial charge in [-0.15, -0.1) is 0 Å². The van der Waals surface area contributed by atoms with Crippen LogP contribution in [-0.2, 0) is 25.6 Å². The molecule has 9 heteroatoms. The van der Waals surface area contributed by atoms with Crippen LogP contribution in [0.4, 0.5) is 0 Å². The van der Waals surface area contributed by atoms with Crippen LogP contribution in [0.2, 0.25) is 0 Å². The molecule has 4 amide bonds. The maximum Gasteiger partial charge on any atom is 0.225 e. The third-order valence-electron chi connectivity index (χ3n) is 5.15. The number of carbonyl (C=O) groups excluding carboxylic acids is 4. The van der Waals surface area contributed by atoms with Crippen LogP contribution >= 0.6 is 0 Å². The second kappa shape index (κ2) is 20.0. The Hall–Kier alpha value is -3.10. The molecule has 0 spiro atoms. The van der Waals surface area contributed by atoms with Crippen molar-refractivity contribution in [2.75, 3.05) is 19.9 Å². The second-order valence-corrected chi connectivity index (χ2v) is 15.6. The van der Waals surface area contributed by atoms with Crippen molar-refractivity contribution in [1.29, 1.82) is 0 Å². The molecule has 0 aliphatic rings. The molecule has 44 heavy (non-hydrogen) atoms. The molecule has 256 valence electrons. The van der Waals surface area contributed by atoms with Gasteiger partial charge in [0, 0.05) is 19.3 Å². The summed E-state index contributed by atoms with van der Waals surface area (Å²) in [7, 11) is 0. The molecular formula is C35H66N4O5. The molecule has 0 saturated carbocycles. The van der Waals surface area contributed by atoms with Gasteiger partial charge in [0.05, 0.1) is 26.4 Å². The van der Waals surface area contributed by atoms with E-state index in [2.05, 4.69) is 42.0 Å². The summed E-state index contributed by atoms with van der Waals surface area (Å²) in [5, 5.41) is 10.8. The smallest absolute Gasteiger partial charge is 0.225 e. The van der Waals surface area contributed by atoms with Gasteiger partial charge in [-0.2, -0.15) is 0 Å². The fourth-order valence-electron chi connectivity index (χ4n) is 3.41. The van der Waals surface area contributed by atoms with Gasteiger partial charge in [0.25, 0.3) is 0 Å². The zero-order valence-corrected chi connectivity index (χ0v) is 28.3. The predicted octanol–water partition coefficient (Wildman–Crippen LogP) is 6.60. The molecule has 0 saturated heterocycles. The summed E-state index contributed by atoms with van der Waals surface area (Å²) in [4.78, 5) is 46.6. The third-order valence-corrected chi connectivity index (χ3v) is 5.15. The maximum absolute atomic E-state index is 12.0. The van der Waals surface area contributed by atoms with Gasteiger partial charge in [0.2, 0.25) is 23.6 Å². The van der Waals surface area contributed by atoms with E-state index in [-0.39, 0.29) is 79.9 Å². The second-order valence-electron chi connectivity index (χ2n) is 15.6. The Labute approximate surface area is 269 Å². The highest BCUT2D eigenvalue weighted by Crippen LogP contribution is 2.20. The van der Waals surface area contributed by atoms with Gasteiger partial charge < -0.3 is 26.0 Å². The number of hydrogen-bond donors (Lipinski definition) is 4. The van der Waals surface area contributed by atoms with Crippen molar-refractivity contribution in [3.05, 3.63) is 29.8 Å². The molecule has 0 atom stereocenters. The van der Waals surface area contributed by atoms with E-state index in [0.717, 1.165) is 11.3 Å². The van der Waals surface area contributed by atoms with E-state index in [1.807, 2.05) is 86.6 Å². The van der Waals surface area contributed by atoms with Crippen LogP contribution in [0.3, 0.4) is 0 Å². The maximum atomic E-state index is 12.0. The molecule has 0 fully saturated rings. The van der Waals surface area contributed by atoms with Gasteiger partial charge in [-0.05, 0) is 39.4 Å². The highest BCUT2D eigenvalue weighted by Gasteiger charge is 2.18. The number of amides is 4. The quantitative estimate of drug-likeness (QED) is 0.207. The van der Waals surface area contributed by atoms with Crippen molar-refractivity contribution in [3.8, 4) is 5.75 Å². The Morgan fingerprint density at radius 3 is 1.27 bits per heavy atom. The standard InChI is InChI=1S/C20H32N2O3.C13H26N2O2.2CH4/c1-19(2,3)12-18(24)22-14-21-17(23)11-15-8-7-9-16(10-15)25-13-20(4,5)6;1-12(2,3)7-10(16)14-9-15-11(17)8-13(4,5)6;;/h7-10H,11-14H2,1-6H3,(H,21,23)(H,22,24);7-9H2,1-6H3,(H,14,16)(H,15,17);2*1H4. The summed E-state index contributed by atoms with van der Waals surface area (Å²) >= 11 is 0. The van der Waals surface area contributed by atoms with E-state index in [9.17, 15) is 19.2 Å². The van der Waals surface area contributed by atoms with Crippen molar-refractivity contribution in [3.63, 3.8) is 0 Å². The fourth-order valence-corrected chi connectivity index (χ4v) is 3.41. The zero-order chi connectivity index (χ0) is 32.8. The molecule has 0 bridgehead atoms. The summed E-state index contributed by atoms with van der Waals surface area (Å²) in [5.74, 6) is 0.496. The van der Waals surface area contributed by atoms with Crippen molar-refractivity contribution >= 4 is 23.6 Å². The number of benzene rings is 1. The van der Waals surface area contributed by atoms with Crippen LogP contribution in [0.15, 0.2) is 24.3 Å². The van der Waals surface area contributed by atoms with E-state index in [1.54, 1.807) is 0 Å². The molecule has 0 aromatic heterocycles. The molecule has 0 aliphatic heterocycles. The highest BCUT2D eigenvalue weighted by molar-refractivity contribution is 5.80. The fraction of sp³-hybridized carbons (Fsp3) is 0.714. The number of hydrogen-bond acceptors (Lipinski definition) is 5. The van der Waals surface area contributed by atoms with E-state index in [0.29, 0.717) is 25.9 Å². The number of rotatable bonds is 11. The summed E-state index contributed by atoms with van der Waals surface area (Å²) < 4.78 is 5.76. The average molecular weight is 623 g/mol. The Kier molecular flexibility index (Phi) is 20.6. The van der Waals surface area contributed by atoms with Crippen LogP contribution in [-0.4, -0.2) is 43.6 Å². The van der Waals surface area contributed by atoms with Crippen LogP contribution in [0.25, 0.3) is 0 Å². The van der Waals surface area contributed by atoms with Crippen molar-refractivity contribution in [2.24, 2.45) is 21.7 Å². The topological polar surface area (TPSA) is 126 Å². The van der Waals surface area contributed by atoms with Crippen molar-refractivity contribution < 1.29 is 23.9 Å². The Bertz CT molecular complexity index is 982. The monoisotopic (exact) mass is 623 g/mol. The van der Waals surface area contributed by atoms with E-state index in [4.69, 9.17) is 4.74 Å². The van der Waals surface area contributed by atoms with Crippen molar-refractivity contribution in [1.82, 2.24) is 21.3 Å². The summed E-state index contributed by atoms with van der Waals surface area (Å²) in [6.07, 6.45) is 1.60. The third kappa shape index (κ3) is 29.0. The Morgan fingerprint density at radius 1 is 0.568 bits per heavy atom. The number of nitrogens with one attached hydrogen (secondary N) is 4. The molecule has 0 radical (unpaired) electrons. The van der Waals surface area contributed by atoms with E-state index in [1.165, 1.54) is 0 Å². The minimum Gasteiger partial charge on any atom is -0.493 e. The molecule has 1 rings (SSSR count). The van der Waals surface area contributed by atoms with Gasteiger partial charge in [-0.1, -0.05) is 110 Å². The van der Waals surface area contributed by atoms with E-state index >= 15 is 0 Å². The molecule has 1 aromatic rings. The lowest BCUT2D eigenvalue weighted by Crippen LogP contribution is -2.39. The summed E-state index contributed by atoms with van der Waals surface area (Å²) in [6.45, 7) is 25.3. The van der Waals surface area contributed by atoms with Gasteiger partial charge in [-0.3, -0.25) is 19.2 Å². The Morgan fingerprint density at radius 2 is 0.932 bits per heavy atom. The van der Waals surface area contributed by atoms with E-state index < -0.39 is 0 Å². The lowest BCUT2D eigenvalue weighted by molar-refractivity contribution is -0.125. The van der Waals surface area contributed by atoms with Crippen LogP contribution in [0, 0.1) is 21.7 Å². The number of carbonyl (C=O) groups is 4. The lowest BCUT2D eigenvalue weighted by Gasteiger charge is -2.19. The first kappa shape index (κ1) is 45.3. The van der Waals surface area contributed by atoms with Crippen LogP contribution < -0.4 is 26.0 Å². The first-order chi connectivity index (χ1) is 18.9. The van der Waals surface area contributed by atoms with Crippen molar-refractivity contribution in [2.45, 2.75) is 124 Å². The minimum absolute atomic E-state index is 0. The normalized spacial score (nSPS) is 11.4. The lowest BCUT2D eigenvalue weighted by atomic mass is 9.92. The first-order valence-corrected chi connectivity index (χ1v) is 14.7. The molecule has 1 aromatic carbocycles. The summed E-state index contributed by atoms with van der Waals surface area (Å²) in [5.41, 5.74) is 0.837. The van der Waals surface area contributed by atoms with Gasteiger partial charge in [0.1, 0.15) is 5.75 Å². The first-order valence-electron chi connectivity index (χ1n) is 14.7. The average Bonchev–Trinajstić information content (AvgIpc) is 2.74. The molecule has 0 aliphatic carbocycles. The van der Waals surface area contributed by atoms with Gasteiger partial charge >= 0.3 is 0 Å². The predicted molar refractivity (Wildman–Crippen MR) is 183 cm³/mol. The zero-order valence-electron chi connectivity index (χ0n) is 28.3.